The summed E-state index contributed by atoms with van der Waals surface area (Å²) in [7, 11) is 0. The van der Waals surface area contributed by atoms with E-state index in [-0.39, 0.29) is 17.3 Å². The van der Waals surface area contributed by atoms with Crippen LogP contribution in [0.5, 0.6) is 0 Å². The van der Waals surface area contributed by atoms with Crippen LogP contribution in [-0.4, -0.2) is 21.1 Å². The highest BCUT2D eigenvalue weighted by Crippen LogP contribution is 2.65. The van der Waals surface area contributed by atoms with Gasteiger partial charge in [0.25, 0.3) is 0 Å². The van der Waals surface area contributed by atoms with Crippen LogP contribution in [0.4, 0.5) is 19.1 Å². The van der Waals surface area contributed by atoms with Gasteiger partial charge in [-0.25, -0.2) is 0 Å². The van der Waals surface area contributed by atoms with Gasteiger partial charge in [0.1, 0.15) is 0 Å². The van der Waals surface area contributed by atoms with Crippen LogP contribution in [0.1, 0.15) is 49.9 Å². The minimum atomic E-state index is -4.62. The van der Waals surface area contributed by atoms with Gasteiger partial charge in [0.2, 0.25) is 17.7 Å². The number of aromatic amines is 1. The van der Waals surface area contributed by atoms with Gasteiger partial charge >= 0.3 is 6.18 Å². The molecule has 1 aromatic heterocycles. The molecular weight excluding hydrogens is 369 g/mol. The Bertz CT molecular complexity index is 894. The molecular formula is C20H21F3N4O. The monoisotopic (exact) mass is 390 g/mol. The zero-order chi connectivity index (χ0) is 19.6. The van der Waals surface area contributed by atoms with Crippen molar-refractivity contribution in [2.24, 2.45) is 17.3 Å². The third-order valence-electron chi connectivity index (χ3n) is 6.91. The quantitative estimate of drug-likeness (QED) is 0.821. The predicted octanol–water partition coefficient (Wildman–Crippen LogP) is 4.30. The minimum Gasteiger partial charge on any atom is -0.293 e. The van der Waals surface area contributed by atoms with E-state index in [1.807, 2.05) is 23.3 Å². The lowest BCUT2D eigenvalue weighted by atomic mass is 9.42. The fraction of sp³-hybridized carbons (Fsp3) is 0.550. The molecule has 28 heavy (non-hydrogen) atoms. The molecule has 1 aromatic carbocycles. The largest absolute Gasteiger partial charge is 0.451 e. The average Bonchev–Trinajstić information content (AvgIpc) is 3.10. The highest BCUT2D eigenvalue weighted by Gasteiger charge is 2.61. The number of alkyl halides is 3. The van der Waals surface area contributed by atoms with Crippen LogP contribution in [0.25, 0.3) is 0 Å². The number of hydrogen-bond acceptors (Lipinski definition) is 3. The van der Waals surface area contributed by atoms with Crippen molar-refractivity contribution < 1.29 is 18.0 Å². The van der Waals surface area contributed by atoms with Gasteiger partial charge in [-0.05, 0) is 61.3 Å². The van der Waals surface area contributed by atoms with Gasteiger partial charge in [-0.15, -0.1) is 5.10 Å². The molecule has 4 aliphatic carbocycles. The molecule has 148 valence electrons. The minimum absolute atomic E-state index is 0.0151. The molecule has 0 spiro atoms. The molecule has 8 heteroatoms. The molecule has 1 heterocycles. The van der Waals surface area contributed by atoms with Crippen molar-refractivity contribution in [1.29, 1.82) is 0 Å². The molecule has 1 amide bonds. The summed E-state index contributed by atoms with van der Waals surface area (Å²) in [5.74, 6) is -0.791. The van der Waals surface area contributed by atoms with Gasteiger partial charge in [0.05, 0.1) is 5.41 Å². The lowest BCUT2D eigenvalue weighted by Gasteiger charge is -2.61. The number of H-pyrrole nitrogens is 1. The number of carbonyl (C=O) groups is 1. The van der Waals surface area contributed by atoms with E-state index in [9.17, 15) is 18.0 Å². The molecule has 2 aromatic rings. The van der Waals surface area contributed by atoms with Gasteiger partial charge in [0.15, 0.2) is 0 Å². The Morgan fingerprint density at radius 1 is 1.11 bits per heavy atom. The maximum atomic E-state index is 13.2. The van der Waals surface area contributed by atoms with Crippen molar-refractivity contribution in [3.8, 4) is 0 Å². The molecule has 4 saturated carbocycles. The fourth-order valence-electron chi connectivity index (χ4n) is 6.34. The Kier molecular flexibility index (Phi) is 3.67. The smallest absolute Gasteiger partial charge is 0.293 e. The number of amides is 1. The molecule has 4 bridgehead atoms. The molecule has 0 radical (unpaired) electrons. The van der Waals surface area contributed by atoms with Crippen LogP contribution in [0.15, 0.2) is 30.3 Å². The van der Waals surface area contributed by atoms with Gasteiger partial charge < -0.3 is 0 Å². The van der Waals surface area contributed by atoms with E-state index in [0.29, 0.717) is 11.8 Å². The summed E-state index contributed by atoms with van der Waals surface area (Å²) in [5.41, 5.74) is 0.705. The molecule has 2 atom stereocenters. The Morgan fingerprint density at radius 2 is 1.79 bits per heavy atom. The van der Waals surface area contributed by atoms with E-state index in [1.165, 1.54) is 5.56 Å². The van der Waals surface area contributed by atoms with E-state index in [0.717, 1.165) is 38.5 Å². The first-order chi connectivity index (χ1) is 13.3. The summed E-state index contributed by atoms with van der Waals surface area (Å²) in [6.07, 6.45) is 1.01. The van der Waals surface area contributed by atoms with Crippen molar-refractivity contribution >= 4 is 11.9 Å². The van der Waals surface area contributed by atoms with Gasteiger partial charge in [-0.3, -0.25) is 15.2 Å². The van der Waals surface area contributed by atoms with Crippen LogP contribution in [0.3, 0.4) is 0 Å². The average molecular weight is 390 g/mol. The molecule has 4 fully saturated rings. The number of carbonyl (C=O) groups excluding carboxylic acids is 1. The summed E-state index contributed by atoms with van der Waals surface area (Å²) >= 11 is 0. The second-order valence-corrected chi connectivity index (χ2v) is 8.85. The van der Waals surface area contributed by atoms with Crippen LogP contribution in [0, 0.1) is 17.3 Å². The maximum Gasteiger partial charge on any atom is 0.451 e. The summed E-state index contributed by atoms with van der Waals surface area (Å²) < 4.78 is 38.2. The first-order valence-electron chi connectivity index (χ1n) is 9.65. The Morgan fingerprint density at radius 3 is 2.39 bits per heavy atom. The third-order valence-corrected chi connectivity index (χ3v) is 6.91. The fourth-order valence-corrected chi connectivity index (χ4v) is 6.34. The molecule has 0 unspecified atom stereocenters. The summed E-state index contributed by atoms with van der Waals surface area (Å²) in [4.78, 5) is 16.6. The lowest BCUT2D eigenvalue weighted by molar-refractivity contribution is -0.145. The maximum absolute atomic E-state index is 13.2. The Labute approximate surface area is 160 Å². The molecule has 0 saturated heterocycles. The van der Waals surface area contributed by atoms with E-state index >= 15 is 0 Å². The second kappa shape index (κ2) is 5.81. The zero-order valence-corrected chi connectivity index (χ0v) is 15.2. The van der Waals surface area contributed by atoms with E-state index in [1.54, 1.807) is 0 Å². The summed E-state index contributed by atoms with van der Waals surface area (Å²) in [5, 5.41) is 7.96. The third kappa shape index (κ3) is 2.72. The molecule has 2 N–H and O–H groups in total. The van der Waals surface area contributed by atoms with Crippen LogP contribution in [-0.2, 0) is 16.4 Å². The molecule has 4 aliphatic rings. The molecule has 5 nitrogen and oxygen atoms in total. The number of aromatic nitrogens is 3. The van der Waals surface area contributed by atoms with Gasteiger partial charge in [-0.2, -0.15) is 18.2 Å². The number of benzene rings is 1. The molecule has 0 aliphatic heterocycles. The highest BCUT2D eigenvalue weighted by molar-refractivity contribution is 5.94. The first kappa shape index (κ1) is 17.7. The van der Waals surface area contributed by atoms with Crippen molar-refractivity contribution in [2.45, 2.75) is 50.1 Å². The number of halogens is 3. The Hall–Kier alpha value is -2.38. The van der Waals surface area contributed by atoms with E-state index in [4.69, 9.17) is 0 Å². The van der Waals surface area contributed by atoms with Crippen molar-refractivity contribution in [2.75, 3.05) is 5.32 Å². The number of hydrogen-bond donors (Lipinski definition) is 2. The van der Waals surface area contributed by atoms with Crippen molar-refractivity contribution in [3.63, 3.8) is 0 Å². The van der Waals surface area contributed by atoms with Crippen molar-refractivity contribution in [1.82, 2.24) is 15.2 Å². The summed E-state index contributed by atoms with van der Waals surface area (Å²) in [6.45, 7) is 0. The zero-order valence-electron chi connectivity index (χ0n) is 15.2. The second-order valence-electron chi connectivity index (χ2n) is 8.85. The number of nitrogens with one attached hydrogen (secondary N) is 2. The van der Waals surface area contributed by atoms with Crippen LogP contribution >= 0.6 is 0 Å². The van der Waals surface area contributed by atoms with Crippen LogP contribution < -0.4 is 5.32 Å². The van der Waals surface area contributed by atoms with Crippen molar-refractivity contribution in [3.05, 3.63) is 41.7 Å². The van der Waals surface area contributed by atoms with Gasteiger partial charge in [-0.1, -0.05) is 30.3 Å². The molecule has 6 rings (SSSR count). The normalized spacial score (nSPS) is 33.8. The lowest BCUT2D eigenvalue weighted by Crippen LogP contribution is -2.58. The number of nitrogens with zero attached hydrogens (tertiary/aromatic N) is 2. The Balaban J connectivity index is 1.43. The number of anilines is 1. The topological polar surface area (TPSA) is 70.7 Å². The first-order valence-corrected chi connectivity index (χ1v) is 9.65. The standard InChI is InChI=1S/C20H21F3N4O/c21-20(22,23)15-24-17(27-26-15)25-16(28)19-9-12-6-13(10-19)8-18(7-12,11-19)14-4-2-1-3-5-14/h1-5,12-13H,6-11H2,(H2,24,25,26,27,28)/t12-,13-,18?,19?/m0/s1. The number of rotatable bonds is 3. The van der Waals surface area contributed by atoms with E-state index in [2.05, 4.69) is 27.5 Å². The van der Waals surface area contributed by atoms with E-state index < -0.39 is 17.4 Å². The van der Waals surface area contributed by atoms with Crippen LogP contribution in [0.2, 0.25) is 0 Å². The summed E-state index contributed by atoms with van der Waals surface area (Å²) in [6, 6.07) is 10.3. The predicted molar refractivity (Wildman–Crippen MR) is 95.2 cm³/mol. The SMILES string of the molecule is O=C(Nc1n[nH]c(C(F)(F)F)n1)C12C[C@H]3C[C@H](C1)CC(c1ccccc1)(C3)C2. The highest BCUT2D eigenvalue weighted by atomic mass is 19.4. The van der Waals surface area contributed by atoms with Gasteiger partial charge in [0, 0.05) is 0 Å².